The van der Waals surface area contributed by atoms with Gasteiger partial charge in [0, 0.05) is 0 Å². The molecule has 0 saturated carbocycles. The summed E-state index contributed by atoms with van der Waals surface area (Å²) >= 11 is 0. The van der Waals surface area contributed by atoms with Crippen LogP contribution in [-0.4, -0.2) is 6.16 Å². The van der Waals surface area contributed by atoms with Gasteiger partial charge in [0.05, 0.1) is 24.7 Å². The summed E-state index contributed by atoms with van der Waals surface area (Å²) in [6.45, 7) is 2.28. The zero-order valence-electron chi connectivity index (χ0n) is 13.2. The minimum absolute atomic E-state index is 0.592. The molecule has 0 aliphatic carbocycles. The zero-order chi connectivity index (χ0) is 14.8. The van der Waals surface area contributed by atoms with E-state index in [0.29, 0.717) is 0 Å². The van der Waals surface area contributed by atoms with Gasteiger partial charge in [-0.05, 0) is 37.1 Å². The molecule has 2 aromatic rings. The van der Waals surface area contributed by atoms with Gasteiger partial charge in [-0.15, -0.1) is 0 Å². The van der Waals surface area contributed by atoms with Crippen LogP contribution in [0.1, 0.15) is 45.4 Å². The molecule has 0 bridgehead atoms. The Balaban J connectivity index is 1.94. The summed E-state index contributed by atoms with van der Waals surface area (Å²) in [6, 6.07) is 22.3. The maximum atomic E-state index is 2.32. The number of rotatable bonds is 9. The molecule has 0 saturated heterocycles. The van der Waals surface area contributed by atoms with E-state index in [-0.39, 0.29) is 0 Å². The van der Waals surface area contributed by atoms with Crippen molar-refractivity contribution < 1.29 is 0 Å². The third-order valence-electron chi connectivity index (χ3n) is 4.02. The van der Waals surface area contributed by atoms with Crippen molar-refractivity contribution in [2.75, 3.05) is 6.16 Å². The van der Waals surface area contributed by atoms with Crippen LogP contribution in [0.5, 0.6) is 0 Å². The largest absolute Gasteiger partial charge is 0.0966 e. The third-order valence-corrected chi connectivity index (χ3v) is 6.94. The fourth-order valence-electron chi connectivity index (χ4n) is 2.82. The van der Waals surface area contributed by atoms with Crippen molar-refractivity contribution in [3.05, 3.63) is 60.7 Å². The topological polar surface area (TPSA) is 0 Å². The van der Waals surface area contributed by atoms with Crippen molar-refractivity contribution in [1.82, 2.24) is 0 Å². The molecule has 0 atom stereocenters. The van der Waals surface area contributed by atoms with Gasteiger partial charge in [0.25, 0.3) is 0 Å². The number of unbranched alkanes of at least 4 members (excludes halogenated alkanes) is 5. The van der Waals surface area contributed by atoms with Crippen LogP contribution in [0.4, 0.5) is 0 Å². The van der Waals surface area contributed by atoms with Crippen LogP contribution < -0.4 is 10.6 Å². The quantitative estimate of drug-likeness (QED) is 0.440. The normalized spacial score (nSPS) is 11.0. The van der Waals surface area contributed by atoms with E-state index in [4.69, 9.17) is 0 Å². The minimum atomic E-state index is -0.592. The maximum absolute atomic E-state index is 2.32. The van der Waals surface area contributed by atoms with Crippen LogP contribution >= 0.6 is 7.92 Å². The van der Waals surface area contributed by atoms with Crippen LogP contribution in [0.25, 0.3) is 0 Å². The summed E-state index contributed by atoms with van der Waals surface area (Å²) in [6.07, 6.45) is 9.69. The SMILES string of the molecule is CCCCCCCC[PH+](c1ccccc1)c1ccccc1. The van der Waals surface area contributed by atoms with Gasteiger partial charge < -0.3 is 0 Å². The van der Waals surface area contributed by atoms with Gasteiger partial charge in [-0.25, -0.2) is 0 Å². The smallest absolute Gasteiger partial charge is 0.0654 e. The van der Waals surface area contributed by atoms with Crippen molar-refractivity contribution in [1.29, 1.82) is 0 Å². The predicted octanol–water partition coefficient (Wildman–Crippen LogP) is 5.21. The average molecular weight is 299 g/mol. The van der Waals surface area contributed by atoms with Crippen molar-refractivity contribution in [3.8, 4) is 0 Å². The van der Waals surface area contributed by atoms with Gasteiger partial charge in [0.15, 0.2) is 0 Å². The summed E-state index contributed by atoms with van der Waals surface area (Å²) in [5.41, 5.74) is 0. The molecule has 0 aromatic heterocycles. The molecule has 1 heteroatoms. The molecule has 0 spiro atoms. The molecule has 0 unspecified atom stereocenters. The highest BCUT2D eigenvalue weighted by molar-refractivity contribution is 7.73. The molecule has 0 aliphatic rings. The Hall–Kier alpha value is -1.13. The fraction of sp³-hybridized carbons (Fsp3) is 0.400. The second kappa shape index (κ2) is 9.74. The molecule has 0 N–H and O–H groups in total. The molecular weight excluding hydrogens is 271 g/mol. The molecule has 2 aromatic carbocycles. The summed E-state index contributed by atoms with van der Waals surface area (Å²) in [4.78, 5) is 0. The van der Waals surface area contributed by atoms with Gasteiger partial charge in [-0.1, -0.05) is 69.0 Å². The monoisotopic (exact) mass is 299 g/mol. The molecule has 2 rings (SSSR count). The van der Waals surface area contributed by atoms with E-state index in [0.717, 1.165) is 0 Å². The van der Waals surface area contributed by atoms with Crippen molar-refractivity contribution in [3.63, 3.8) is 0 Å². The Morgan fingerprint density at radius 1 is 0.619 bits per heavy atom. The van der Waals surface area contributed by atoms with Gasteiger partial charge in [0.2, 0.25) is 0 Å². The van der Waals surface area contributed by atoms with Crippen LogP contribution in [0, 0.1) is 0 Å². The average Bonchev–Trinajstić information content (AvgIpc) is 2.56. The van der Waals surface area contributed by atoms with Crippen LogP contribution in [0.2, 0.25) is 0 Å². The second-order valence-electron chi connectivity index (χ2n) is 5.73. The van der Waals surface area contributed by atoms with Crippen LogP contribution in [0.3, 0.4) is 0 Å². The highest BCUT2D eigenvalue weighted by Crippen LogP contribution is 2.34. The Labute approximate surface area is 131 Å². The lowest BCUT2D eigenvalue weighted by Crippen LogP contribution is -2.13. The fourth-order valence-corrected chi connectivity index (χ4v) is 5.52. The van der Waals surface area contributed by atoms with Gasteiger partial charge >= 0.3 is 0 Å². The first-order valence-corrected chi connectivity index (χ1v) is 10.1. The number of hydrogen-bond donors (Lipinski definition) is 0. The molecule has 0 fully saturated rings. The Morgan fingerprint density at radius 3 is 1.62 bits per heavy atom. The lowest BCUT2D eigenvalue weighted by molar-refractivity contribution is 0.626. The maximum Gasteiger partial charge on any atom is 0.0966 e. The first-order chi connectivity index (χ1) is 10.4. The van der Waals surface area contributed by atoms with E-state index < -0.39 is 7.92 Å². The van der Waals surface area contributed by atoms with E-state index in [1.165, 1.54) is 44.7 Å². The summed E-state index contributed by atoms with van der Waals surface area (Å²) in [7, 11) is -0.592. The minimum Gasteiger partial charge on any atom is -0.0654 e. The lowest BCUT2D eigenvalue weighted by Gasteiger charge is -2.10. The van der Waals surface area contributed by atoms with Crippen molar-refractivity contribution in [2.24, 2.45) is 0 Å². The van der Waals surface area contributed by atoms with E-state index in [1.807, 2.05) is 0 Å². The van der Waals surface area contributed by atoms with E-state index in [9.17, 15) is 0 Å². The van der Waals surface area contributed by atoms with Gasteiger partial charge in [-0.2, -0.15) is 0 Å². The molecule has 0 heterocycles. The highest BCUT2D eigenvalue weighted by atomic mass is 31.1. The molecule has 0 radical (unpaired) electrons. The summed E-state index contributed by atoms with van der Waals surface area (Å²) < 4.78 is 0. The van der Waals surface area contributed by atoms with Crippen LogP contribution in [-0.2, 0) is 0 Å². The Bertz CT molecular complexity index is 438. The van der Waals surface area contributed by atoms with E-state index >= 15 is 0 Å². The predicted molar refractivity (Wildman–Crippen MR) is 98.7 cm³/mol. The van der Waals surface area contributed by atoms with Gasteiger partial charge in [0.1, 0.15) is 0 Å². The summed E-state index contributed by atoms with van der Waals surface area (Å²) in [5.74, 6) is 0. The number of benzene rings is 2. The van der Waals surface area contributed by atoms with Crippen molar-refractivity contribution >= 4 is 18.5 Å². The van der Waals surface area contributed by atoms with E-state index in [2.05, 4.69) is 67.6 Å². The molecular formula is C20H28P+. The first-order valence-electron chi connectivity index (χ1n) is 8.38. The first kappa shape index (κ1) is 16.2. The molecule has 112 valence electrons. The Kier molecular flexibility index (Phi) is 7.54. The zero-order valence-corrected chi connectivity index (χ0v) is 14.2. The molecule has 0 nitrogen and oxygen atoms in total. The standard InChI is InChI=1S/C20H27P/c1-2-3-4-5-6-13-18-21(19-14-9-7-10-15-19)20-16-11-8-12-17-20/h7-12,14-17H,2-6,13,18H2,1H3/p+1. The van der Waals surface area contributed by atoms with Gasteiger partial charge in [-0.3, -0.25) is 0 Å². The molecule has 0 aliphatic heterocycles. The lowest BCUT2D eigenvalue weighted by atomic mass is 10.1. The van der Waals surface area contributed by atoms with E-state index in [1.54, 1.807) is 10.6 Å². The number of hydrogen-bond acceptors (Lipinski definition) is 0. The molecule has 0 amide bonds. The summed E-state index contributed by atoms with van der Waals surface area (Å²) in [5, 5.41) is 3.12. The third kappa shape index (κ3) is 5.64. The Morgan fingerprint density at radius 2 is 1.10 bits per heavy atom. The second-order valence-corrected chi connectivity index (χ2v) is 8.34. The molecule has 21 heavy (non-hydrogen) atoms. The van der Waals surface area contributed by atoms with Crippen LogP contribution in [0.15, 0.2) is 60.7 Å². The van der Waals surface area contributed by atoms with Crippen molar-refractivity contribution in [2.45, 2.75) is 45.4 Å². The highest BCUT2D eigenvalue weighted by Gasteiger charge is 2.20.